The zero-order valence-electron chi connectivity index (χ0n) is 10.2. The molecule has 1 amide bonds. The van der Waals surface area contributed by atoms with Crippen LogP contribution in [0.4, 0.5) is 5.69 Å². The minimum atomic E-state index is -0.204. The second-order valence-electron chi connectivity index (χ2n) is 5.49. The maximum absolute atomic E-state index is 12.5. The molecule has 4 nitrogen and oxygen atoms in total. The van der Waals surface area contributed by atoms with Gasteiger partial charge in [-0.1, -0.05) is 12.2 Å². The number of hydrogen-bond donors (Lipinski definition) is 1. The van der Waals surface area contributed by atoms with Crippen LogP contribution in [0.3, 0.4) is 0 Å². The molecule has 4 atom stereocenters. The summed E-state index contributed by atoms with van der Waals surface area (Å²) >= 11 is 0. The highest BCUT2D eigenvalue weighted by Crippen LogP contribution is 2.50. The van der Waals surface area contributed by atoms with Gasteiger partial charge in [0, 0.05) is 30.0 Å². The summed E-state index contributed by atoms with van der Waals surface area (Å²) in [6.45, 7) is 0.603. The quantitative estimate of drug-likeness (QED) is 0.771. The average molecular weight is 255 g/mol. The standard InChI is InChI=1S/C15H13NO3/c17-9-3-1-8(2-4-9)16-7-12-10-5-6-11(14(10)18)13(12)15(16)19/h1-6,10-13,17H,7H2. The molecule has 2 bridgehead atoms. The highest BCUT2D eigenvalue weighted by molar-refractivity contribution is 6.06. The maximum atomic E-state index is 12.5. The van der Waals surface area contributed by atoms with Crippen LogP contribution in [-0.4, -0.2) is 23.3 Å². The zero-order valence-corrected chi connectivity index (χ0v) is 10.2. The predicted molar refractivity (Wildman–Crippen MR) is 68.6 cm³/mol. The molecular formula is C15H13NO3. The lowest BCUT2D eigenvalue weighted by Crippen LogP contribution is -2.30. The third-order valence-corrected chi connectivity index (χ3v) is 4.60. The van der Waals surface area contributed by atoms with E-state index < -0.39 is 0 Å². The molecule has 4 rings (SSSR count). The largest absolute Gasteiger partial charge is 0.508 e. The van der Waals surface area contributed by atoms with Gasteiger partial charge in [0.25, 0.3) is 0 Å². The first-order valence-corrected chi connectivity index (χ1v) is 6.49. The molecule has 19 heavy (non-hydrogen) atoms. The minimum Gasteiger partial charge on any atom is -0.508 e. The Hall–Kier alpha value is -2.10. The Morgan fingerprint density at radius 3 is 2.42 bits per heavy atom. The van der Waals surface area contributed by atoms with Gasteiger partial charge in [0.2, 0.25) is 5.91 Å². The Morgan fingerprint density at radius 1 is 1.05 bits per heavy atom. The SMILES string of the molecule is O=C1C2C=CC1C1C(=O)N(c3ccc(O)cc3)CC21. The van der Waals surface area contributed by atoms with E-state index in [-0.39, 0.29) is 41.1 Å². The highest BCUT2D eigenvalue weighted by atomic mass is 16.3. The van der Waals surface area contributed by atoms with Crippen molar-refractivity contribution in [3.63, 3.8) is 0 Å². The second kappa shape index (κ2) is 3.47. The number of carbonyl (C=O) groups excluding carboxylic acids is 2. The van der Waals surface area contributed by atoms with Crippen LogP contribution in [0, 0.1) is 23.7 Å². The number of carbonyl (C=O) groups is 2. The van der Waals surface area contributed by atoms with Gasteiger partial charge in [-0.25, -0.2) is 0 Å². The molecule has 1 aromatic rings. The van der Waals surface area contributed by atoms with Gasteiger partial charge in [-0.05, 0) is 24.3 Å². The highest BCUT2D eigenvalue weighted by Gasteiger charge is 2.59. The Kier molecular flexibility index (Phi) is 1.97. The van der Waals surface area contributed by atoms with Crippen LogP contribution >= 0.6 is 0 Å². The van der Waals surface area contributed by atoms with Crippen molar-refractivity contribution in [1.29, 1.82) is 0 Å². The fourth-order valence-electron chi connectivity index (χ4n) is 3.70. The van der Waals surface area contributed by atoms with Gasteiger partial charge in [0.15, 0.2) is 0 Å². The van der Waals surface area contributed by atoms with Crippen LogP contribution in [0.15, 0.2) is 36.4 Å². The molecular weight excluding hydrogens is 242 g/mol. The molecule has 1 aliphatic heterocycles. The fourth-order valence-corrected chi connectivity index (χ4v) is 3.70. The van der Waals surface area contributed by atoms with Crippen molar-refractivity contribution in [1.82, 2.24) is 0 Å². The van der Waals surface area contributed by atoms with Crippen molar-refractivity contribution in [2.24, 2.45) is 23.7 Å². The lowest BCUT2D eigenvalue weighted by atomic mass is 9.86. The number of phenolic OH excluding ortho intramolecular Hbond substituents is 1. The van der Waals surface area contributed by atoms with Crippen LogP contribution in [-0.2, 0) is 9.59 Å². The molecule has 0 spiro atoms. The Bertz CT molecular complexity index is 604. The van der Waals surface area contributed by atoms with E-state index in [4.69, 9.17) is 0 Å². The summed E-state index contributed by atoms with van der Waals surface area (Å²) in [5.74, 6) is 0.132. The van der Waals surface area contributed by atoms with Crippen molar-refractivity contribution in [3.8, 4) is 5.75 Å². The van der Waals surface area contributed by atoms with Crippen LogP contribution in [0.1, 0.15) is 0 Å². The van der Waals surface area contributed by atoms with Gasteiger partial charge in [-0.3, -0.25) is 9.59 Å². The van der Waals surface area contributed by atoms with E-state index in [0.29, 0.717) is 6.54 Å². The topological polar surface area (TPSA) is 57.6 Å². The van der Waals surface area contributed by atoms with Gasteiger partial charge in [0.1, 0.15) is 11.5 Å². The lowest BCUT2D eigenvalue weighted by molar-refractivity contribution is -0.126. The first kappa shape index (κ1) is 10.8. The van der Waals surface area contributed by atoms with E-state index >= 15 is 0 Å². The zero-order chi connectivity index (χ0) is 13.1. The Labute approximate surface area is 110 Å². The van der Waals surface area contributed by atoms with Gasteiger partial charge in [-0.15, -0.1) is 0 Å². The van der Waals surface area contributed by atoms with Crippen LogP contribution in [0.2, 0.25) is 0 Å². The van der Waals surface area contributed by atoms with E-state index in [1.165, 1.54) is 0 Å². The molecule has 96 valence electrons. The number of Topliss-reactive ketones (excluding diaryl/α,β-unsaturated/α-hetero) is 1. The molecule has 2 aliphatic carbocycles. The Balaban J connectivity index is 1.68. The molecule has 1 aromatic carbocycles. The summed E-state index contributed by atoms with van der Waals surface area (Å²) in [7, 11) is 0. The summed E-state index contributed by atoms with van der Waals surface area (Å²) in [6.07, 6.45) is 3.86. The van der Waals surface area contributed by atoms with Gasteiger partial charge >= 0.3 is 0 Å². The Morgan fingerprint density at radius 2 is 1.74 bits per heavy atom. The van der Waals surface area contributed by atoms with Crippen molar-refractivity contribution >= 4 is 17.4 Å². The second-order valence-corrected chi connectivity index (χ2v) is 5.49. The van der Waals surface area contributed by atoms with Crippen molar-refractivity contribution in [2.45, 2.75) is 0 Å². The smallest absolute Gasteiger partial charge is 0.231 e. The van der Waals surface area contributed by atoms with E-state index in [2.05, 4.69) is 0 Å². The first-order chi connectivity index (χ1) is 9.16. The summed E-state index contributed by atoms with van der Waals surface area (Å²) in [5.41, 5.74) is 0.795. The number of allylic oxidation sites excluding steroid dienone is 2. The van der Waals surface area contributed by atoms with E-state index in [0.717, 1.165) is 5.69 Å². The number of amides is 1. The van der Waals surface area contributed by atoms with E-state index in [9.17, 15) is 14.7 Å². The molecule has 2 fully saturated rings. The lowest BCUT2D eigenvalue weighted by Gasteiger charge is -2.18. The number of aromatic hydroxyl groups is 1. The maximum Gasteiger partial charge on any atom is 0.231 e. The number of fused-ring (bicyclic) bond motifs is 5. The number of benzene rings is 1. The monoisotopic (exact) mass is 255 g/mol. The molecule has 1 heterocycles. The third-order valence-electron chi connectivity index (χ3n) is 4.60. The van der Waals surface area contributed by atoms with Crippen molar-refractivity contribution in [3.05, 3.63) is 36.4 Å². The van der Waals surface area contributed by atoms with Crippen LogP contribution in [0.5, 0.6) is 5.75 Å². The fraction of sp³-hybridized carbons (Fsp3) is 0.333. The summed E-state index contributed by atoms with van der Waals surface area (Å²) in [6, 6.07) is 6.64. The summed E-state index contributed by atoms with van der Waals surface area (Å²) in [5, 5.41) is 9.30. The molecule has 4 heteroatoms. The molecule has 1 saturated carbocycles. The molecule has 1 N–H and O–H groups in total. The predicted octanol–water partition coefficient (Wildman–Crippen LogP) is 1.36. The average Bonchev–Trinajstić information content (AvgIpc) is 3.02. The molecule has 3 aliphatic rings. The van der Waals surface area contributed by atoms with Crippen molar-refractivity contribution < 1.29 is 14.7 Å². The molecule has 4 unspecified atom stereocenters. The molecule has 0 radical (unpaired) electrons. The normalized spacial score (nSPS) is 35.3. The van der Waals surface area contributed by atoms with Gasteiger partial charge in [0.05, 0.1) is 5.92 Å². The number of rotatable bonds is 1. The number of hydrogen-bond acceptors (Lipinski definition) is 3. The number of nitrogens with zero attached hydrogens (tertiary/aromatic N) is 1. The van der Waals surface area contributed by atoms with Gasteiger partial charge < -0.3 is 10.0 Å². The van der Waals surface area contributed by atoms with Crippen LogP contribution < -0.4 is 4.90 Å². The van der Waals surface area contributed by atoms with Crippen molar-refractivity contribution in [2.75, 3.05) is 11.4 Å². The van der Waals surface area contributed by atoms with E-state index in [1.54, 1.807) is 29.2 Å². The molecule has 1 saturated heterocycles. The summed E-state index contributed by atoms with van der Waals surface area (Å²) in [4.78, 5) is 26.2. The number of ketones is 1. The van der Waals surface area contributed by atoms with Gasteiger partial charge in [-0.2, -0.15) is 0 Å². The van der Waals surface area contributed by atoms with Crippen LogP contribution in [0.25, 0.3) is 0 Å². The van der Waals surface area contributed by atoms with E-state index in [1.807, 2.05) is 12.2 Å². The molecule has 0 aromatic heterocycles. The first-order valence-electron chi connectivity index (χ1n) is 6.49. The summed E-state index contributed by atoms with van der Waals surface area (Å²) < 4.78 is 0. The minimum absolute atomic E-state index is 0.0425. The third kappa shape index (κ3) is 1.28. The number of phenols is 1. The number of anilines is 1.